The predicted octanol–water partition coefficient (Wildman–Crippen LogP) is 3.33. The average molecular weight is 376 g/mol. The largest absolute Gasteiger partial charge is 0.491 e. The van der Waals surface area contributed by atoms with Crippen LogP contribution in [0.25, 0.3) is 0 Å². The third-order valence-corrected chi connectivity index (χ3v) is 4.38. The zero-order valence-electron chi connectivity index (χ0n) is 14.7. The van der Waals surface area contributed by atoms with Gasteiger partial charge in [-0.1, -0.05) is 29.3 Å². The summed E-state index contributed by atoms with van der Waals surface area (Å²) in [6, 6.07) is 14.8. The van der Waals surface area contributed by atoms with Crippen molar-refractivity contribution in [1.82, 2.24) is 4.90 Å². The molecule has 1 fully saturated rings. The van der Waals surface area contributed by atoms with E-state index in [-0.39, 0.29) is 18.6 Å². The molecule has 0 aromatic heterocycles. The SMILES string of the molecule is Cc1ccc(OCC2CN(C(=O)COc3ccc(Cl)cc3)CCO2)cc1. The number of carbonyl (C=O) groups excluding carboxylic acids is 1. The highest BCUT2D eigenvalue weighted by Crippen LogP contribution is 2.16. The Bertz CT molecular complexity index is 718. The first-order chi connectivity index (χ1) is 12.6. The number of amides is 1. The van der Waals surface area contributed by atoms with Crippen LogP contribution >= 0.6 is 11.6 Å². The summed E-state index contributed by atoms with van der Waals surface area (Å²) in [7, 11) is 0. The molecule has 2 aromatic rings. The molecule has 1 heterocycles. The number of halogens is 1. The second-order valence-corrected chi connectivity index (χ2v) is 6.64. The molecule has 6 heteroatoms. The molecule has 0 spiro atoms. The number of carbonyl (C=O) groups is 1. The van der Waals surface area contributed by atoms with E-state index in [1.165, 1.54) is 5.56 Å². The molecule has 5 nitrogen and oxygen atoms in total. The van der Waals surface area contributed by atoms with Crippen LogP contribution in [0, 0.1) is 6.92 Å². The monoisotopic (exact) mass is 375 g/mol. The van der Waals surface area contributed by atoms with Gasteiger partial charge in [0.15, 0.2) is 6.61 Å². The molecule has 1 amide bonds. The van der Waals surface area contributed by atoms with Gasteiger partial charge in [-0.2, -0.15) is 0 Å². The number of nitrogens with zero attached hydrogens (tertiary/aromatic N) is 1. The zero-order chi connectivity index (χ0) is 18.4. The lowest BCUT2D eigenvalue weighted by Gasteiger charge is -2.32. The maximum atomic E-state index is 12.4. The van der Waals surface area contributed by atoms with Gasteiger partial charge in [-0.3, -0.25) is 4.79 Å². The minimum absolute atomic E-state index is 0.00677. The Balaban J connectivity index is 1.45. The fourth-order valence-corrected chi connectivity index (χ4v) is 2.76. The van der Waals surface area contributed by atoms with Gasteiger partial charge in [0.2, 0.25) is 0 Å². The van der Waals surface area contributed by atoms with Crippen molar-refractivity contribution in [2.75, 3.05) is 32.9 Å². The van der Waals surface area contributed by atoms with Crippen LogP contribution in [-0.4, -0.2) is 49.8 Å². The van der Waals surface area contributed by atoms with E-state index in [1.807, 2.05) is 31.2 Å². The standard InChI is InChI=1S/C20H22ClNO4/c1-15-2-6-17(7-3-15)25-13-19-12-22(10-11-24-19)20(23)14-26-18-8-4-16(21)5-9-18/h2-9,19H,10-14H2,1H3. The molecule has 0 saturated carbocycles. The number of benzene rings is 2. The molecule has 0 radical (unpaired) electrons. The van der Waals surface area contributed by atoms with Crippen LogP contribution in [0.3, 0.4) is 0 Å². The van der Waals surface area contributed by atoms with Crippen LogP contribution in [0.4, 0.5) is 0 Å². The van der Waals surface area contributed by atoms with Crippen LogP contribution in [-0.2, 0) is 9.53 Å². The van der Waals surface area contributed by atoms with Gasteiger partial charge in [0, 0.05) is 11.6 Å². The maximum Gasteiger partial charge on any atom is 0.260 e. The Kier molecular flexibility index (Phi) is 6.36. The number of hydrogen-bond acceptors (Lipinski definition) is 4. The predicted molar refractivity (Wildman–Crippen MR) is 99.9 cm³/mol. The lowest BCUT2D eigenvalue weighted by molar-refractivity contribution is -0.142. The van der Waals surface area contributed by atoms with Gasteiger partial charge in [0.1, 0.15) is 24.2 Å². The Hall–Kier alpha value is -2.24. The van der Waals surface area contributed by atoms with Crippen LogP contribution < -0.4 is 9.47 Å². The van der Waals surface area contributed by atoms with Gasteiger partial charge >= 0.3 is 0 Å². The fourth-order valence-electron chi connectivity index (χ4n) is 2.64. The van der Waals surface area contributed by atoms with E-state index in [0.717, 1.165) is 5.75 Å². The molecule has 3 rings (SSSR count). The molecular formula is C20H22ClNO4. The maximum absolute atomic E-state index is 12.4. The number of hydrogen-bond donors (Lipinski definition) is 0. The summed E-state index contributed by atoms with van der Waals surface area (Å²) in [6.07, 6.45) is -0.149. The Morgan fingerprint density at radius 3 is 2.50 bits per heavy atom. The Morgan fingerprint density at radius 1 is 1.12 bits per heavy atom. The Labute approximate surface area is 158 Å². The fraction of sp³-hybridized carbons (Fsp3) is 0.350. The molecular weight excluding hydrogens is 354 g/mol. The van der Waals surface area contributed by atoms with E-state index < -0.39 is 0 Å². The molecule has 2 aromatic carbocycles. The lowest BCUT2D eigenvalue weighted by atomic mass is 10.2. The van der Waals surface area contributed by atoms with Gasteiger partial charge in [-0.25, -0.2) is 0 Å². The van der Waals surface area contributed by atoms with E-state index in [1.54, 1.807) is 29.2 Å². The molecule has 1 aliphatic rings. The summed E-state index contributed by atoms with van der Waals surface area (Å²) in [5, 5.41) is 0.633. The zero-order valence-corrected chi connectivity index (χ0v) is 15.4. The summed E-state index contributed by atoms with van der Waals surface area (Å²) in [4.78, 5) is 14.1. The summed E-state index contributed by atoms with van der Waals surface area (Å²) in [5.41, 5.74) is 1.18. The van der Waals surface area contributed by atoms with Crippen molar-refractivity contribution in [1.29, 1.82) is 0 Å². The Morgan fingerprint density at radius 2 is 1.77 bits per heavy atom. The normalized spacial score (nSPS) is 17.0. The summed E-state index contributed by atoms with van der Waals surface area (Å²) < 4.78 is 17.0. The van der Waals surface area contributed by atoms with Crippen molar-refractivity contribution in [3.05, 3.63) is 59.1 Å². The average Bonchev–Trinajstić information content (AvgIpc) is 2.67. The van der Waals surface area contributed by atoms with Crippen molar-refractivity contribution in [3.8, 4) is 11.5 Å². The van der Waals surface area contributed by atoms with Crippen LogP contribution in [0.2, 0.25) is 5.02 Å². The summed E-state index contributed by atoms with van der Waals surface area (Å²) in [6.45, 7) is 3.98. The highest BCUT2D eigenvalue weighted by molar-refractivity contribution is 6.30. The van der Waals surface area contributed by atoms with Crippen molar-refractivity contribution >= 4 is 17.5 Å². The van der Waals surface area contributed by atoms with Crippen molar-refractivity contribution in [3.63, 3.8) is 0 Å². The lowest BCUT2D eigenvalue weighted by Crippen LogP contribution is -2.49. The van der Waals surface area contributed by atoms with Crippen LogP contribution in [0.5, 0.6) is 11.5 Å². The van der Waals surface area contributed by atoms with Crippen molar-refractivity contribution in [2.45, 2.75) is 13.0 Å². The topological polar surface area (TPSA) is 48.0 Å². The first kappa shape index (κ1) is 18.5. The second-order valence-electron chi connectivity index (χ2n) is 6.20. The summed E-state index contributed by atoms with van der Waals surface area (Å²) >= 11 is 5.84. The van der Waals surface area contributed by atoms with Gasteiger partial charge in [-0.05, 0) is 43.3 Å². The molecule has 0 N–H and O–H groups in total. The molecule has 0 bridgehead atoms. The quantitative estimate of drug-likeness (QED) is 0.777. The van der Waals surface area contributed by atoms with E-state index in [0.29, 0.717) is 37.1 Å². The van der Waals surface area contributed by atoms with Crippen molar-refractivity contribution < 1.29 is 19.0 Å². The van der Waals surface area contributed by atoms with Crippen LogP contribution in [0.15, 0.2) is 48.5 Å². The third-order valence-electron chi connectivity index (χ3n) is 4.12. The van der Waals surface area contributed by atoms with Gasteiger partial charge in [-0.15, -0.1) is 0 Å². The molecule has 1 aliphatic heterocycles. The molecule has 1 atom stereocenters. The molecule has 0 aliphatic carbocycles. The highest BCUT2D eigenvalue weighted by atomic mass is 35.5. The smallest absolute Gasteiger partial charge is 0.260 e. The third kappa shape index (κ3) is 5.38. The number of ether oxygens (including phenoxy) is 3. The highest BCUT2D eigenvalue weighted by Gasteiger charge is 2.25. The minimum Gasteiger partial charge on any atom is -0.491 e. The van der Waals surface area contributed by atoms with Crippen molar-refractivity contribution in [2.24, 2.45) is 0 Å². The number of rotatable bonds is 6. The number of aryl methyl sites for hydroxylation is 1. The van der Waals surface area contributed by atoms with E-state index in [4.69, 9.17) is 25.8 Å². The second kappa shape index (κ2) is 8.92. The van der Waals surface area contributed by atoms with Gasteiger partial charge < -0.3 is 19.1 Å². The first-order valence-corrected chi connectivity index (χ1v) is 8.95. The van der Waals surface area contributed by atoms with E-state index in [2.05, 4.69) is 0 Å². The summed E-state index contributed by atoms with van der Waals surface area (Å²) in [5.74, 6) is 1.35. The molecule has 1 unspecified atom stereocenters. The minimum atomic E-state index is -0.149. The van der Waals surface area contributed by atoms with Crippen LogP contribution in [0.1, 0.15) is 5.56 Å². The molecule has 1 saturated heterocycles. The molecule has 138 valence electrons. The van der Waals surface area contributed by atoms with Gasteiger partial charge in [0.05, 0.1) is 13.2 Å². The molecule has 26 heavy (non-hydrogen) atoms. The van der Waals surface area contributed by atoms with Gasteiger partial charge in [0.25, 0.3) is 5.91 Å². The first-order valence-electron chi connectivity index (χ1n) is 8.57. The van der Waals surface area contributed by atoms with E-state index in [9.17, 15) is 4.79 Å². The number of morpholine rings is 1. The van der Waals surface area contributed by atoms with E-state index >= 15 is 0 Å².